The molecule has 0 bridgehead atoms. The first-order valence-electron chi connectivity index (χ1n) is 6.24. The topological polar surface area (TPSA) is 110 Å². The first-order valence-corrected chi connectivity index (χ1v) is 8.12. The summed E-state index contributed by atoms with van der Waals surface area (Å²) in [6, 6.07) is 0. The Morgan fingerprint density at radius 1 is 0.905 bits per heavy atom. The number of carboxylic acid groups (broad SMARTS) is 2. The predicted molar refractivity (Wildman–Crippen MR) is 77.1 cm³/mol. The molecule has 2 aromatic heterocycles. The molecule has 0 aliphatic carbocycles. The van der Waals surface area contributed by atoms with Gasteiger partial charge >= 0.3 is 11.9 Å². The van der Waals surface area contributed by atoms with Gasteiger partial charge in [0.2, 0.25) is 0 Å². The normalized spacial score (nSPS) is 12.2. The van der Waals surface area contributed by atoms with E-state index in [0.29, 0.717) is 11.5 Å². The SMILES string of the molecule is O=C(O)CCS(CCC(=O)O)(n1ccnc1)n1ccnc1. The third kappa shape index (κ3) is 3.43. The van der Waals surface area contributed by atoms with Gasteiger partial charge in [-0.3, -0.25) is 17.5 Å². The van der Waals surface area contributed by atoms with Crippen LogP contribution in [0.3, 0.4) is 0 Å². The first-order chi connectivity index (χ1) is 10.0. The van der Waals surface area contributed by atoms with Crippen molar-refractivity contribution in [3.05, 3.63) is 37.4 Å². The van der Waals surface area contributed by atoms with Crippen LogP contribution in [0.5, 0.6) is 0 Å². The molecule has 0 saturated carbocycles. The Hall–Kier alpha value is -2.29. The highest BCUT2D eigenvalue weighted by Crippen LogP contribution is 2.51. The standard InChI is InChI=1S/C12H16N4O4S/c17-11(18)1-7-21(8-2-12(19)20,15-5-3-13-9-15)16-6-4-14-10-16/h3-6,9-10H,1-2,7-8H2,(H,17,18)(H,19,20). The molecule has 2 N–H and O–H groups in total. The van der Waals surface area contributed by atoms with E-state index in [0.717, 1.165) is 0 Å². The van der Waals surface area contributed by atoms with Crippen LogP contribution in [0.25, 0.3) is 0 Å². The largest absolute Gasteiger partial charge is 0.481 e. The fraction of sp³-hybridized carbons (Fsp3) is 0.333. The first kappa shape index (κ1) is 15.1. The van der Waals surface area contributed by atoms with Gasteiger partial charge in [0.15, 0.2) is 0 Å². The number of carbonyl (C=O) groups is 2. The molecule has 0 unspecified atom stereocenters. The quantitative estimate of drug-likeness (QED) is 0.754. The fourth-order valence-corrected chi connectivity index (χ4v) is 5.32. The van der Waals surface area contributed by atoms with E-state index in [-0.39, 0.29) is 12.8 Å². The second-order valence-electron chi connectivity index (χ2n) is 4.34. The van der Waals surface area contributed by atoms with Crippen molar-refractivity contribution in [3.8, 4) is 0 Å². The number of carboxylic acids is 2. The maximum absolute atomic E-state index is 11.0. The molecule has 21 heavy (non-hydrogen) atoms. The summed E-state index contributed by atoms with van der Waals surface area (Å²) in [4.78, 5) is 30.0. The Morgan fingerprint density at radius 3 is 1.62 bits per heavy atom. The van der Waals surface area contributed by atoms with E-state index in [1.54, 1.807) is 37.4 Å². The molecule has 0 aliphatic heterocycles. The smallest absolute Gasteiger partial charge is 0.304 e. The summed E-state index contributed by atoms with van der Waals surface area (Å²) in [5, 5.41) is 18.0. The molecule has 0 aromatic carbocycles. The van der Waals surface area contributed by atoms with Gasteiger partial charge in [-0.1, -0.05) is 10.4 Å². The Kier molecular flexibility index (Phi) is 4.63. The van der Waals surface area contributed by atoms with E-state index in [9.17, 15) is 9.59 Å². The van der Waals surface area contributed by atoms with Crippen LogP contribution >= 0.6 is 10.4 Å². The van der Waals surface area contributed by atoms with Crippen LogP contribution in [-0.2, 0) is 9.59 Å². The van der Waals surface area contributed by atoms with Crippen LogP contribution in [0.1, 0.15) is 12.8 Å². The van der Waals surface area contributed by atoms with Crippen LogP contribution in [0.4, 0.5) is 0 Å². The van der Waals surface area contributed by atoms with Crippen molar-refractivity contribution in [2.24, 2.45) is 0 Å². The van der Waals surface area contributed by atoms with E-state index < -0.39 is 22.3 Å². The molecule has 2 aromatic rings. The van der Waals surface area contributed by atoms with Crippen molar-refractivity contribution in [2.45, 2.75) is 12.8 Å². The predicted octanol–water partition coefficient (Wildman–Crippen LogP) is 1.06. The molecule has 2 heterocycles. The molecule has 114 valence electrons. The summed E-state index contributed by atoms with van der Waals surface area (Å²) in [5.41, 5.74) is 0. The van der Waals surface area contributed by atoms with E-state index in [1.807, 2.05) is 7.94 Å². The summed E-state index contributed by atoms with van der Waals surface area (Å²) < 4.78 is 3.64. The zero-order valence-corrected chi connectivity index (χ0v) is 12.0. The van der Waals surface area contributed by atoms with Gasteiger partial charge < -0.3 is 10.2 Å². The fourth-order valence-electron chi connectivity index (χ4n) is 2.03. The summed E-state index contributed by atoms with van der Waals surface area (Å²) in [7, 11) is -1.91. The molecule has 0 atom stereocenters. The number of rotatable bonds is 8. The van der Waals surface area contributed by atoms with Crippen molar-refractivity contribution in [1.29, 1.82) is 0 Å². The Bertz CT molecular complexity index is 543. The van der Waals surface area contributed by atoms with Crippen LogP contribution < -0.4 is 0 Å². The van der Waals surface area contributed by atoms with Crippen molar-refractivity contribution in [1.82, 2.24) is 17.9 Å². The minimum atomic E-state index is -1.91. The van der Waals surface area contributed by atoms with E-state index in [2.05, 4.69) is 9.97 Å². The number of nitrogens with zero attached hydrogens (tertiary/aromatic N) is 4. The zero-order chi connectivity index (χ0) is 15.3. The molecular formula is C12H16N4O4S. The summed E-state index contributed by atoms with van der Waals surface area (Å²) in [6.07, 6.45) is 9.76. The third-order valence-electron chi connectivity index (χ3n) is 3.03. The van der Waals surface area contributed by atoms with Gasteiger partial charge in [0.1, 0.15) is 12.7 Å². The Morgan fingerprint density at radius 2 is 1.33 bits per heavy atom. The lowest BCUT2D eigenvalue weighted by Gasteiger charge is -2.41. The van der Waals surface area contributed by atoms with Crippen LogP contribution in [0.15, 0.2) is 37.4 Å². The van der Waals surface area contributed by atoms with Crippen molar-refractivity contribution < 1.29 is 19.8 Å². The summed E-state index contributed by atoms with van der Waals surface area (Å²) in [6.45, 7) is 0. The highest BCUT2D eigenvalue weighted by Gasteiger charge is 2.29. The molecule has 9 heteroatoms. The van der Waals surface area contributed by atoms with Crippen LogP contribution in [0.2, 0.25) is 0 Å². The number of hydrogen-bond donors (Lipinski definition) is 2. The van der Waals surface area contributed by atoms with E-state index >= 15 is 0 Å². The molecule has 0 aliphatic rings. The lowest BCUT2D eigenvalue weighted by molar-refractivity contribution is -0.137. The summed E-state index contributed by atoms with van der Waals surface area (Å²) in [5.74, 6) is -1.19. The van der Waals surface area contributed by atoms with Gasteiger partial charge in [0.25, 0.3) is 0 Å². The molecule has 0 radical (unpaired) electrons. The lowest BCUT2D eigenvalue weighted by atomic mass is 10.5. The highest BCUT2D eigenvalue weighted by atomic mass is 32.3. The molecule has 0 fully saturated rings. The molecule has 0 saturated heterocycles. The monoisotopic (exact) mass is 312 g/mol. The van der Waals surface area contributed by atoms with Gasteiger partial charge in [0, 0.05) is 36.3 Å². The zero-order valence-electron chi connectivity index (χ0n) is 11.2. The lowest BCUT2D eigenvalue weighted by Crippen LogP contribution is -2.26. The maximum Gasteiger partial charge on any atom is 0.304 e. The average Bonchev–Trinajstić information content (AvgIpc) is 3.12. The van der Waals surface area contributed by atoms with Crippen molar-refractivity contribution in [2.75, 3.05) is 11.5 Å². The maximum atomic E-state index is 11.0. The minimum Gasteiger partial charge on any atom is -0.481 e. The second kappa shape index (κ2) is 6.44. The van der Waals surface area contributed by atoms with Crippen molar-refractivity contribution in [3.63, 3.8) is 0 Å². The molecule has 2 rings (SSSR count). The number of hydrogen-bond acceptors (Lipinski definition) is 4. The van der Waals surface area contributed by atoms with Gasteiger partial charge in [-0.2, -0.15) is 0 Å². The van der Waals surface area contributed by atoms with E-state index in [4.69, 9.17) is 10.2 Å². The number of aliphatic carboxylic acids is 2. The third-order valence-corrected chi connectivity index (χ3v) is 6.75. The molecule has 0 spiro atoms. The van der Waals surface area contributed by atoms with E-state index in [1.165, 1.54) is 0 Å². The Labute approximate surface area is 122 Å². The average molecular weight is 312 g/mol. The second-order valence-corrected chi connectivity index (χ2v) is 7.61. The summed E-state index contributed by atoms with van der Waals surface area (Å²) >= 11 is 0. The molecule has 8 nitrogen and oxygen atoms in total. The number of imidazole rings is 2. The van der Waals surface area contributed by atoms with Crippen molar-refractivity contribution >= 4 is 22.3 Å². The van der Waals surface area contributed by atoms with Gasteiger partial charge in [-0.15, -0.1) is 0 Å². The number of aromatic nitrogens is 4. The van der Waals surface area contributed by atoms with Crippen LogP contribution in [0, 0.1) is 0 Å². The highest BCUT2D eigenvalue weighted by molar-refractivity contribution is 8.31. The van der Waals surface area contributed by atoms with Gasteiger partial charge in [-0.05, 0) is 0 Å². The van der Waals surface area contributed by atoms with Gasteiger partial charge in [-0.25, -0.2) is 9.97 Å². The van der Waals surface area contributed by atoms with Gasteiger partial charge in [0.05, 0.1) is 12.8 Å². The Balaban J connectivity index is 2.41. The van der Waals surface area contributed by atoms with Crippen LogP contribution in [-0.4, -0.2) is 51.6 Å². The molecule has 0 amide bonds. The minimum absolute atomic E-state index is 0.0503. The molecular weight excluding hydrogens is 296 g/mol.